The summed E-state index contributed by atoms with van der Waals surface area (Å²) in [7, 11) is 1.63. The van der Waals surface area contributed by atoms with Gasteiger partial charge in [-0.3, -0.25) is 4.99 Å². The van der Waals surface area contributed by atoms with Gasteiger partial charge in [-0.05, 0) is 25.5 Å². The Morgan fingerprint density at radius 1 is 1.27 bits per heavy atom. The summed E-state index contributed by atoms with van der Waals surface area (Å²) < 4.78 is 15.9. The van der Waals surface area contributed by atoms with Crippen molar-refractivity contribution < 1.29 is 14.2 Å². The Kier molecular flexibility index (Phi) is 12.7. The summed E-state index contributed by atoms with van der Waals surface area (Å²) >= 11 is 0. The van der Waals surface area contributed by atoms with Crippen LogP contribution in [0.4, 0.5) is 0 Å². The summed E-state index contributed by atoms with van der Waals surface area (Å²) in [6.45, 7) is 5.18. The lowest BCUT2D eigenvalue weighted by Gasteiger charge is -2.09. The molecule has 0 saturated carbocycles. The molecule has 0 aliphatic carbocycles. The van der Waals surface area contributed by atoms with Gasteiger partial charge in [0.1, 0.15) is 18.1 Å². The predicted molar refractivity (Wildman–Crippen MR) is 99.5 cm³/mol. The molecule has 6 nitrogen and oxygen atoms in total. The number of nitrogens with two attached hydrogens (primary N) is 1. The zero-order valence-corrected chi connectivity index (χ0v) is 15.5. The van der Waals surface area contributed by atoms with E-state index in [2.05, 4.69) is 10.3 Å². The number of nitrogens with one attached hydrogen (secondary N) is 1. The average molecular weight is 423 g/mol. The van der Waals surface area contributed by atoms with E-state index in [0.29, 0.717) is 32.3 Å². The van der Waals surface area contributed by atoms with Gasteiger partial charge in [0.15, 0.2) is 5.96 Å². The molecule has 0 saturated heterocycles. The van der Waals surface area contributed by atoms with E-state index < -0.39 is 0 Å². The fourth-order valence-corrected chi connectivity index (χ4v) is 1.61. The molecule has 1 rings (SSSR count). The van der Waals surface area contributed by atoms with E-state index in [1.54, 1.807) is 7.11 Å². The minimum atomic E-state index is 0. The molecule has 0 aliphatic heterocycles. The number of nitrogens with zero attached hydrogens (tertiary/aromatic N) is 1. The summed E-state index contributed by atoms with van der Waals surface area (Å²) in [6.07, 6.45) is 0.872. The lowest BCUT2D eigenvalue weighted by molar-refractivity contribution is 0.146. The maximum atomic E-state index is 5.74. The third-order valence-electron chi connectivity index (χ3n) is 2.65. The third kappa shape index (κ3) is 9.67. The Morgan fingerprint density at radius 3 is 2.77 bits per heavy atom. The Labute approximate surface area is 149 Å². The number of methoxy groups -OCH3 is 1. The number of hydrogen-bond acceptors (Lipinski definition) is 4. The van der Waals surface area contributed by atoms with Crippen molar-refractivity contribution in [3.63, 3.8) is 0 Å². The van der Waals surface area contributed by atoms with Crippen molar-refractivity contribution in [3.8, 4) is 11.5 Å². The van der Waals surface area contributed by atoms with Gasteiger partial charge in [-0.2, -0.15) is 0 Å². The van der Waals surface area contributed by atoms with E-state index in [4.69, 9.17) is 19.9 Å². The standard InChI is InChI=1S/C15H25N3O3.HI/c1-3-20-10-5-8-17-15(16)18-9-11-21-14-7-4-6-13(12-14)19-2;/h4,6-7,12H,3,5,8-11H2,1-2H3,(H3,16,17,18);1H. The van der Waals surface area contributed by atoms with Crippen molar-refractivity contribution in [3.05, 3.63) is 24.3 Å². The third-order valence-corrected chi connectivity index (χ3v) is 2.65. The lowest BCUT2D eigenvalue weighted by atomic mass is 10.3. The molecule has 126 valence electrons. The predicted octanol–water partition coefficient (Wildman–Crippen LogP) is 2.02. The van der Waals surface area contributed by atoms with Crippen molar-refractivity contribution in [1.29, 1.82) is 0 Å². The minimum absolute atomic E-state index is 0. The van der Waals surface area contributed by atoms with E-state index in [9.17, 15) is 0 Å². The molecule has 3 N–H and O–H groups in total. The molecule has 7 heteroatoms. The molecule has 1 aromatic carbocycles. The van der Waals surface area contributed by atoms with E-state index in [0.717, 1.165) is 24.5 Å². The van der Waals surface area contributed by atoms with Gasteiger partial charge in [-0.15, -0.1) is 24.0 Å². The smallest absolute Gasteiger partial charge is 0.188 e. The topological polar surface area (TPSA) is 78.1 Å². The van der Waals surface area contributed by atoms with Gasteiger partial charge in [0, 0.05) is 25.8 Å². The van der Waals surface area contributed by atoms with Crippen molar-refractivity contribution in [2.24, 2.45) is 10.7 Å². The fraction of sp³-hybridized carbons (Fsp3) is 0.533. The second-order valence-electron chi connectivity index (χ2n) is 4.27. The number of rotatable bonds is 10. The number of hydrogen-bond donors (Lipinski definition) is 2. The van der Waals surface area contributed by atoms with Gasteiger partial charge < -0.3 is 25.3 Å². The summed E-state index contributed by atoms with van der Waals surface area (Å²) in [5.41, 5.74) is 5.74. The van der Waals surface area contributed by atoms with Gasteiger partial charge in [0.25, 0.3) is 0 Å². The first kappa shape index (κ1) is 20.8. The maximum Gasteiger partial charge on any atom is 0.188 e. The van der Waals surface area contributed by atoms with E-state index >= 15 is 0 Å². The van der Waals surface area contributed by atoms with Crippen LogP contribution in [0.25, 0.3) is 0 Å². The summed E-state index contributed by atoms with van der Waals surface area (Å²) in [6, 6.07) is 7.48. The highest BCUT2D eigenvalue weighted by molar-refractivity contribution is 14.0. The van der Waals surface area contributed by atoms with Crippen LogP contribution in [0.3, 0.4) is 0 Å². The molecule has 0 atom stereocenters. The number of aliphatic imine (C=N–C) groups is 1. The van der Waals surface area contributed by atoms with Crippen LogP contribution in [0.15, 0.2) is 29.3 Å². The molecular formula is C15H26IN3O3. The zero-order chi connectivity index (χ0) is 15.3. The van der Waals surface area contributed by atoms with E-state index in [-0.39, 0.29) is 24.0 Å². The van der Waals surface area contributed by atoms with Crippen LogP contribution >= 0.6 is 24.0 Å². The fourth-order valence-electron chi connectivity index (χ4n) is 1.61. The molecule has 0 radical (unpaired) electrons. The minimum Gasteiger partial charge on any atom is -0.497 e. The molecule has 0 unspecified atom stereocenters. The highest BCUT2D eigenvalue weighted by Crippen LogP contribution is 2.18. The van der Waals surface area contributed by atoms with Crippen LogP contribution in [-0.2, 0) is 4.74 Å². The van der Waals surface area contributed by atoms with Gasteiger partial charge in [-0.25, -0.2) is 0 Å². The van der Waals surface area contributed by atoms with Gasteiger partial charge in [0.05, 0.1) is 13.7 Å². The Balaban J connectivity index is 0.00000441. The average Bonchev–Trinajstić information content (AvgIpc) is 2.51. The van der Waals surface area contributed by atoms with Crippen molar-refractivity contribution in [2.75, 3.05) is 40.0 Å². The number of halogens is 1. The summed E-state index contributed by atoms with van der Waals surface area (Å²) in [4.78, 5) is 4.20. The molecule has 0 amide bonds. The largest absolute Gasteiger partial charge is 0.497 e. The normalized spacial score (nSPS) is 10.7. The molecule has 1 aromatic rings. The van der Waals surface area contributed by atoms with Crippen molar-refractivity contribution in [1.82, 2.24) is 5.32 Å². The monoisotopic (exact) mass is 423 g/mol. The van der Waals surface area contributed by atoms with Crippen LogP contribution in [-0.4, -0.2) is 46.0 Å². The maximum absolute atomic E-state index is 5.74. The number of ether oxygens (including phenoxy) is 3. The van der Waals surface area contributed by atoms with E-state index in [1.807, 2.05) is 31.2 Å². The van der Waals surface area contributed by atoms with Gasteiger partial charge >= 0.3 is 0 Å². The number of guanidine groups is 1. The summed E-state index contributed by atoms with van der Waals surface area (Å²) in [5.74, 6) is 1.97. The molecule has 22 heavy (non-hydrogen) atoms. The highest BCUT2D eigenvalue weighted by atomic mass is 127. The van der Waals surface area contributed by atoms with Crippen LogP contribution in [0, 0.1) is 0 Å². The Hall–Kier alpha value is -1.22. The van der Waals surface area contributed by atoms with E-state index in [1.165, 1.54) is 0 Å². The first-order chi connectivity index (χ1) is 10.3. The van der Waals surface area contributed by atoms with Crippen LogP contribution < -0.4 is 20.5 Å². The highest BCUT2D eigenvalue weighted by Gasteiger charge is 1.97. The Morgan fingerprint density at radius 2 is 2.05 bits per heavy atom. The second kappa shape index (κ2) is 13.4. The van der Waals surface area contributed by atoms with Crippen LogP contribution in [0.2, 0.25) is 0 Å². The second-order valence-corrected chi connectivity index (χ2v) is 4.27. The van der Waals surface area contributed by atoms with Gasteiger partial charge in [0.2, 0.25) is 0 Å². The molecular weight excluding hydrogens is 397 g/mol. The SMILES string of the molecule is CCOCCCN=C(N)NCCOc1cccc(OC)c1.I. The number of benzene rings is 1. The Bertz CT molecular complexity index is 430. The van der Waals surface area contributed by atoms with Gasteiger partial charge in [-0.1, -0.05) is 6.07 Å². The quantitative estimate of drug-likeness (QED) is 0.261. The molecule has 0 bridgehead atoms. The van der Waals surface area contributed by atoms with Crippen LogP contribution in [0.1, 0.15) is 13.3 Å². The molecule has 0 fully saturated rings. The summed E-state index contributed by atoms with van der Waals surface area (Å²) in [5, 5.41) is 3.00. The first-order valence-corrected chi connectivity index (χ1v) is 7.14. The van der Waals surface area contributed by atoms with Crippen molar-refractivity contribution in [2.45, 2.75) is 13.3 Å². The van der Waals surface area contributed by atoms with Crippen LogP contribution in [0.5, 0.6) is 11.5 Å². The van der Waals surface area contributed by atoms with Crippen molar-refractivity contribution >= 4 is 29.9 Å². The molecule has 0 aliphatic rings. The molecule has 0 spiro atoms. The zero-order valence-electron chi connectivity index (χ0n) is 13.2. The lowest BCUT2D eigenvalue weighted by Crippen LogP contribution is -2.34. The molecule has 0 heterocycles. The first-order valence-electron chi connectivity index (χ1n) is 7.14. The molecule has 0 aromatic heterocycles.